The Morgan fingerprint density at radius 2 is 1.89 bits per heavy atom. The van der Waals surface area contributed by atoms with Crippen LogP contribution in [0.3, 0.4) is 0 Å². The minimum absolute atomic E-state index is 0.640. The number of nitrogens with two attached hydrogens (primary N) is 1. The van der Waals surface area contributed by atoms with Crippen molar-refractivity contribution in [3.63, 3.8) is 0 Å². The van der Waals surface area contributed by atoms with E-state index < -0.39 is 0 Å². The Morgan fingerprint density at radius 1 is 1.22 bits per heavy atom. The van der Waals surface area contributed by atoms with Crippen LogP contribution < -0.4 is 10.5 Å². The molecule has 0 saturated heterocycles. The summed E-state index contributed by atoms with van der Waals surface area (Å²) >= 11 is 0. The number of methoxy groups -OCH3 is 1. The fourth-order valence-corrected chi connectivity index (χ4v) is 3.08. The van der Waals surface area contributed by atoms with Gasteiger partial charge in [0.05, 0.1) is 7.11 Å². The molecule has 0 radical (unpaired) electrons. The van der Waals surface area contributed by atoms with Crippen LogP contribution in [0.15, 0.2) is 24.3 Å². The molecule has 0 bridgehead atoms. The molecular formula is C16H25NO. The molecule has 0 amide bonds. The first kappa shape index (κ1) is 13.4. The molecule has 18 heavy (non-hydrogen) atoms. The van der Waals surface area contributed by atoms with Crippen molar-refractivity contribution in [3.8, 4) is 5.75 Å². The zero-order chi connectivity index (χ0) is 12.8. The third kappa shape index (κ3) is 3.74. The fourth-order valence-electron chi connectivity index (χ4n) is 3.08. The Labute approximate surface area is 111 Å². The topological polar surface area (TPSA) is 35.2 Å². The molecule has 0 heterocycles. The molecule has 1 aliphatic carbocycles. The van der Waals surface area contributed by atoms with E-state index >= 15 is 0 Å². The van der Waals surface area contributed by atoms with Crippen molar-refractivity contribution in [3.05, 3.63) is 29.8 Å². The second kappa shape index (κ2) is 6.79. The standard InChI is InChI=1S/C16H25NO/c1-18-16-8-6-14(7-9-16)11-15(12-17)10-13-4-2-3-5-13/h6-9,13,15H,2-5,10-12,17H2,1H3. The Balaban J connectivity index is 1.87. The molecule has 1 unspecified atom stereocenters. The van der Waals surface area contributed by atoms with Crippen molar-refractivity contribution in [2.75, 3.05) is 13.7 Å². The maximum Gasteiger partial charge on any atom is 0.118 e. The maximum absolute atomic E-state index is 5.93. The zero-order valence-corrected chi connectivity index (χ0v) is 11.4. The van der Waals surface area contributed by atoms with E-state index in [1.54, 1.807) is 7.11 Å². The van der Waals surface area contributed by atoms with Crippen LogP contribution in [0.25, 0.3) is 0 Å². The van der Waals surface area contributed by atoms with Crippen molar-refractivity contribution in [2.24, 2.45) is 17.6 Å². The number of rotatable bonds is 6. The predicted octanol–water partition coefficient (Wildman–Crippen LogP) is 3.39. The molecule has 0 aliphatic heterocycles. The van der Waals surface area contributed by atoms with Gasteiger partial charge in [0, 0.05) is 0 Å². The number of hydrogen-bond donors (Lipinski definition) is 1. The van der Waals surface area contributed by atoms with Crippen LogP contribution in [0.4, 0.5) is 0 Å². The lowest BCUT2D eigenvalue weighted by Gasteiger charge is -2.19. The molecular weight excluding hydrogens is 222 g/mol. The molecule has 2 N–H and O–H groups in total. The van der Waals surface area contributed by atoms with Gasteiger partial charge in [0.1, 0.15) is 5.75 Å². The summed E-state index contributed by atoms with van der Waals surface area (Å²) in [6.45, 7) is 0.808. The van der Waals surface area contributed by atoms with Crippen LogP contribution in [-0.2, 0) is 6.42 Å². The molecule has 2 rings (SSSR count). The fraction of sp³-hybridized carbons (Fsp3) is 0.625. The summed E-state index contributed by atoms with van der Waals surface area (Å²) in [7, 11) is 1.71. The Bertz CT molecular complexity index is 341. The Kier molecular flexibility index (Phi) is 5.06. The molecule has 0 aromatic heterocycles. The summed E-state index contributed by atoms with van der Waals surface area (Å²) in [5.74, 6) is 2.50. The van der Waals surface area contributed by atoms with Gasteiger partial charge in [-0.3, -0.25) is 0 Å². The molecule has 1 saturated carbocycles. The average molecular weight is 247 g/mol. The van der Waals surface area contributed by atoms with Gasteiger partial charge >= 0.3 is 0 Å². The molecule has 1 fully saturated rings. The van der Waals surface area contributed by atoms with Crippen molar-refractivity contribution in [2.45, 2.75) is 38.5 Å². The highest BCUT2D eigenvalue weighted by molar-refractivity contribution is 5.27. The van der Waals surface area contributed by atoms with Crippen LogP contribution in [-0.4, -0.2) is 13.7 Å². The van der Waals surface area contributed by atoms with Crippen LogP contribution in [0, 0.1) is 11.8 Å². The van der Waals surface area contributed by atoms with Gasteiger partial charge in [-0.2, -0.15) is 0 Å². The quantitative estimate of drug-likeness (QED) is 0.836. The molecule has 2 heteroatoms. The minimum Gasteiger partial charge on any atom is -0.497 e. The van der Waals surface area contributed by atoms with Gasteiger partial charge in [0.15, 0.2) is 0 Å². The second-order valence-corrected chi connectivity index (χ2v) is 5.54. The molecule has 1 aromatic carbocycles. The third-order valence-corrected chi connectivity index (χ3v) is 4.16. The number of hydrogen-bond acceptors (Lipinski definition) is 2. The third-order valence-electron chi connectivity index (χ3n) is 4.16. The van der Waals surface area contributed by atoms with Gasteiger partial charge < -0.3 is 10.5 Å². The van der Waals surface area contributed by atoms with Crippen molar-refractivity contribution >= 4 is 0 Å². The SMILES string of the molecule is COc1ccc(CC(CN)CC2CCCC2)cc1. The summed E-state index contributed by atoms with van der Waals surface area (Å²) in [4.78, 5) is 0. The Hall–Kier alpha value is -1.02. The van der Waals surface area contributed by atoms with E-state index in [2.05, 4.69) is 12.1 Å². The monoisotopic (exact) mass is 247 g/mol. The van der Waals surface area contributed by atoms with Gasteiger partial charge in [-0.1, -0.05) is 37.8 Å². The van der Waals surface area contributed by atoms with Gasteiger partial charge in [0.2, 0.25) is 0 Å². The Morgan fingerprint density at radius 3 is 2.44 bits per heavy atom. The van der Waals surface area contributed by atoms with E-state index in [-0.39, 0.29) is 0 Å². The summed E-state index contributed by atoms with van der Waals surface area (Å²) in [6.07, 6.45) is 8.09. The van der Waals surface area contributed by atoms with Crippen molar-refractivity contribution in [1.82, 2.24) is 0 Å². The van der Waals surface area contributed by atoms with Crippen LogP contribution in [0.1, 0.15) is 37.7 Å². The highest BCUT2D eigenvalue weighted by Crippen LogP contribution is 2.31. The van der Waals surface area contributed by atoms with E-state index in [1.165, 1.54) is 37.7 Å². The first-order chi connectivity index (χ1) is 8.81. The van der Waals surface area contributed by atoms with E-state index in [0.717, 1.165) is 24.6 Å². The lowest BCUT2D eigenvalue weighted by Crippen LogP contribution is -2.19. The predicted molar refractivity (Wildman–Crippen MR) is 75.8 cm³/mol. The average Bonchev–Trinajstić information content (AvgIpc) is 2.91. The summed E-state index contributed by atoms with van der Waals surface area (Å²) in [5.41, 5.74) is 7.31. The first-order valence-electron chi connectivity index (χ1n) is 7.15. The number of ether oxygens (including phenoxy) is 1. The largest absolute Gasteiger partial charge is 0.497 e. The summed E-state index contributed by atoms with van der Waals surface area (Å²) in [5, 5.41) is 0. The smallest absolute Gasteiger partial charge is 0.118 e. The molecule has 0 spiro atoms. The van der Waals surface area contributed by atoms with Crippen LogP contribution in [0.2, 0.25) is 0 Å². The normalized spacial score (nSPS) is 17.9. The van der Waals surface area contributed by atoms with Crippen molar-refractivity contribution < 1.29 is 4.74 Å². The van der Waals surface area contributed by atoms with Gasteiger partial charge in [-0.05, 0) is 48.9 Å². The van der Waals surface area contributed by atoms with E-state index in [4.69, 9.17) is 10.5 Å². The van der Waals surface area contributed by atoms with Crippen LogP contribution >= 0.6 is 0 Å². The highest BCUT2D eigenvalue weighted by atomic mass is 16.5. The first-order valence-corrected chi connectivity index (χ1v) is 7.15. The van der Waals surface area contributed by atoms with Gasteiger partial charge in [-0.15, -0.1) is 0 Å². The second-order valence-electron chi connectivity index (χ2n) is 5.54. The zero-order valence-electron chi connectivity index (χ0n) is 11.4. The summed E-state index contributed by atoms with van der Waals surface area (Å²) in [6, 6.07) is 8.41. The highest BCUT2D eigenvalue weighted by Gasteiger charge is 2.19. The molecule has 100 valence electrons. The van der Waals surface area contributed by atoms with Crippen LogP contribution in [0.5, 0.6) is 5.75 Å². The molecule has 1 aromatic rings. The maximum atomic E-state index is 5.93. The van der Waals surface area contributed by atoms with E-state index in [9.17, 15) is 0 Å². The molecule has 2 nitrogen and oxygen atoms in total. The molecule has 1 aliphatic rings. The van der Waals surface area contributed by atoms with E-state index in [1.807, 2.05) is 12.1 Å². The van der Waals surface area contributed by atoms with Gasteiger partial charge in [0.25, 0.3) is 0 Å². The lowest BCUT2D eigenvalue weighted by atomic mass is 9.88. The minimum atomic E-state index is 0.640. The summed E-state index contributed by atoms with van der Waals surface area (Å²) < 4.78 is 5.18. The number of benzene rings is 1. The van der Waals surface area contributed by atoms with E-state index in [0.29, 0.717) is 5.92 Å². The van der Waals surface area contributed by atoms with Crippen molar-refractivity contribution in [1.29, 1.82) is 0 Å². The lowest BCUT2D eigenvalue weighted by molar-refractivity contribution is 0.379. The molecule has 1 atom stereocenters. The van der Waals surface area contributed by atoms with Gasteiger partial charge in [-0.25, -0.2) is 0 Å².